The average molecular weight is 292 g/mol. The highest BCUT2D eigenvalue weighted by atomic mass is 15.5. The average Bonchev–Trinajstić information content (AvgIpc) is 2.89. The Morgan fingerprint density at radius 1 is 0.955 bits per heavy atom. The van der Waals surface area contributed by atoms with Crippen LogP contribution < -0.4 is 0 Å². The van der Waals surface area contributed by atoms with Crippen molar-refractivity contribution in [1.82, 2.24) is 5.01 Å². The van der Waals surface area contributed by atoms with Crippen LogP contribution in [0.3, 0.4) is 0 Å². The second-order valence-electron chi connectivity index (χ2n) is 7.08. The third-order valence-electron chi connectivity index (χ3n) is 4.38. The Kier molecular flexibility index (Phi) is 3.78. The first kappa shape index (κ1) is 14.8. The molecule has 0 fully saturated rings. The molecule has 1 aliphatic heterocycles. The van der Waals surface area contributed by atoms with Gasteiger partial charge >= 0.3 is 0 Å². The largest absolute Gasteiger partial charge is 0.292 e. The summed E-state index contributed by atoms with van der Waals surface area (Å²) in [5, 5.41) is 6.84. The molecule has 0 radical (unpaired) electrons. The molecule has 3 rings (SSSR count). The second-order valence-corrected chi connectivity index (χ2v) is 7.08. The van der Waals surface area contributed by atoms with Gasteiger partial charge in [-0.1, -0.05) is 75.4 Å². The van der Waals surface area contributed by atoms with E-state index in [9.17, 15) is 0 Å². The van der Waals surface area contributed by atoms with E-state index in [1.165, 1.54) is 22.4 Å². The van der Waals surface area contributed by atoms with Gasteiger partial charge in [-0.3, -0.25) is 5.01 Å². The van der Waals surface area contributed by atoms with Gasteiger partial charge in [-0.2, -0.15) is 5.10 Å². The van der Waals surface area contributed by atoms with Crippen LogP contribution in [0.4, 0.5) is 0 Å². The Labute approximate surface area is 133 Å². The van der Waals surface area contributed by atoms with E-state index in [1.54, 1.807) is 0 Å². The van der Waals surface area contributed by atoms with E-state index in [2.05, 4.69) is 87.4 Å². The summed E-state index contributed by atoms with van der Waals surface area (Å²) in [5.41, 5.74) is 5.30. The number of hydrogen-bond acceptors (Lipinski definition) is 2. The molecule has 0 N–H and O–H groups in total. The smallest absolute Gasteiger partial charge is 0.0773 e. The van der Waals surface area contributed by atoms with Gasteiger partial charge in [0.15, 0.2) is 0 Å². The Bertz CT molecular complexity index is 663. The van der Waals surface area contributed by atoms with Gasteiger partial charge in [0.1, 0.15) is 0 Å². The molecule has 1 heterocycles. The fourth-order valence-electron chi connectivity index (χ4n) is 2.96. The lowest BCUT2D eigenvalue weighted by molar-refractivity contribution is 0.290. The van der Waals surface area contributed by atoms with Gasteiger partial charge in [0.2, 0.25) is 0 Å². The lowest BCUT2D eigenvalue weighted by atomic mass is 9.86. The molecule has 0 saturated heterocycles. The van der Waals surface area contributed by atoms with Crippen molar-refractivity contribution < 1.29 is 0 Å². The summed E-state index contributed by atoms with van der Waals surface area (Å²) in [6.07, 6.45) is 0.968. The number of benzene rings is 2. The van der Waals surface area contributed by atoms with Crippen LogP contribution in [0, 0.1) is 0 Å². The van der Waals surface area contributed by atoms with Gasteiger partial charge in [0.05, 0.1) is 11.8 Å². The van der Waals surface area contributed by atoms with Crippen LogP contribution in [-0.2, 0) is 5.41 Å². The summed E-state index contributed by atoms with van der Waals surface area (Å²) >= 11 is 0. The molecule has 0 spiro atoms. The Balaban J connectivity index is 1.81. The first-order valence-electron chi connectivity index (χ1n) is 7.91. The first-order chi connectivity index (χ1) is 10.4. The molecule has 1 atom stereocenters. The molecule has 0 saturated carbocycles. The van der Waals surface area contributed by atoms with Crippen molar-refractivity contribution in [3.63, 3.8) is 0 Å². The van der Waals surface area contributed by atoms with Gasteiger partial charge in [-0.05, 0) is 22.1 Å². The molecule has 1 aliphatic rings. The number of hydrogen-bond donors (Lipinski definition) is 0. The van der Waals surface area contributed by atoms with Crippen LogP contribution in [0.15, 0.2) is 59.7 Å². The van der Waals surface area contributed by atoms with Crippen molar-refractivity contribution in [3.8, 4) is 0 Å². The van der Waals surface area contributed by atoms with Crippen molar-refractivity contribution in [2.24, 2.45) is 5.10 Å². The van der Waals surface area contributed by atoms with Crippen LogP contribution in [0.25, 0.3) is 0 Å². The highest BCUT2D eigenvalue weighted by Gasteiger charge is 2.26. The number of rotatable bonds is 2. The minimum absolute atomic E-state index is 0.194. The first-order valence-corrected chi connectivity index (χ1v) is 7.91. The molecular weight excluding hydrogens is 268 g/mol. The SMILES string of the molecule is CN1N=C(c2ccc(C(C)(C)C)cc2)CC1c1ccccc1. The number of hydrazone groups is 1. The third-order valence-corrected chi connectivity index (χ3v) is 4.38. The van der Waals surface area contributed by atoms with Crippen LogP contribution >= 0.6 is 0 Å². The quantitative estimate of drug-likeness (QED) is 0.779. The van der Waals surface area contributed by atoms with Crippen molar-refractivity contribution in [1.29, 1.82) is 0 Å². The molecule has 0 aliphatic carbocycles. The van der Waals surface area contributed by atoms with E-state index in [4.69, 9.17) is 5.10 Å². The normalized spacial score (nSPS) is 18.5. The topological polar surface area (TPSA) is 15.6 Å². The molecule has 2 aromatic rings. The predicted molar refractivity (Wildman–Crippen MR) is 93.2 cm³/mol. The van der Waals surface area contributed by atoms with Crippen LogP contribution in [-0.4, -0.2) is 17.8 Å². The molecular formula is C20H24N2. The molecule has 2 heteroatoms. The minimum atomic E-state index is 0.194. The third kappa shape index (κ3) is 2.92. The Hall–Kier alpha value is -2.09. The minimum Gasteiger partial charge on any atom is -0.292 e. The maximum atomic E-state index is 4.76. The number of nitrogens with zero attached hydrogens (tertiary/aromatic N) is 2. The fraction of sp³-hybridized carbons (Fsp3) is 0.350. The van der Waals surface area contributed by atoms with Gasteiger partial charge in [0.25, 0.3) is 0 Å². The van der Waals surface area contributed by atoms with Gasteiger partial charge in [-0.15, -0.1) is 0 Å². The summed E-state index contributed by atoms with van der Waals surface area (Å²) in [6, 6.07) is 19.8. The van der Waals surface area contributed by atoms with Crippen molar-refractivity contribution in [2.45, 2.75) is 38.6 Å². The molecule has 0 bridgehead atoms. The van der Waals surface area contributed by atoms with E-state index in [1.807, 2.05) is 0 Å². The van der Waals surface area contributed by atoms with Gasteiger partial charge in [0, 0.05) is 13.5 Å². The molecule has 0 aromatic heterocycles. The summed E-state index contributed by atoms with van der Waals surface area (Å²) < 4.78 is 0. The standard InChI is InChI=1S/C20H24N2/c1-20(2,3)17-12-10-15(11-13-17)18-14-19(22(4)21-18)16-8-6-5-7-9-16/h5-13,19H,14H2,1-4H3. The zero-order valence-electron chi connectivity index (χ0n) is 13.9. The van der Waals surface area contributed by atoms with Crippen LogP contribution in [0.2, 0.25) is 0 Å². The molecule has 22 heavy (non-hydrogen) atoms. The summed E-state index contributed by atoms with van der Waals surface area (Å²) in [5.74, 6) is 0. The highest BCUT2D eigenvalue weighted by molar-refractivity contribution is 6.01. The molecule has 2 aromatic carbocycles. The van der Waals surface area contributed by atoms with E-state index >= 15 is 0 Å². The van der Waals surface area contributed by atoms with Crippen molar-refractivity contribution in [3.05, 3.63) is 71.3 Å². The van der Waals surface area contributed by atoms with Crippen molar-refractivity contribution >= 4 is 5.71 Å². The summed E-state index contributed by atoms with van der Waals surface area (Å²) in [6.45, 7) is 6.73. The molecule has 0 amide bonds. The predicted octanol–water partition coefficient (Wildman–Crippen LogP) is 4.77. The highest BCUT2D eigenvalue weighted by Crippen LogP contribution is 2.31. The van der Waals surface area contributed by atoms with Crippen LogP contribution in [0.5, 0.6) is 0 Å². The van der Waals surface area contributed by atoms with Crippen molar-refractivity contribution in [2.75, 3.05) is 7.05 Å². The van der Waals surface area contributed by atoms with Crippen LogP contribution in [0.1, 0.15) is 49.9 Å². The van der Waals surface area contributed by atoms with E-state index < -0.39 is 0 Å². The monoisotopic (exact) mass is 292 g/mol. The zero-order chi connectivity index (χ0) is 15.7. The Morgan fingerprint density at radius 3 is 2.18 bits per heavy atom. The van der Waals surface area contributed by atoms with E-state index in [0.717, 1.165) is 6.42 Å². The maximum Gasteiger partial charge on any atom is 0.0773 e. The van der Waals surface area contributed by atoms with Gasteiger partial charge in [-0.25, -0.2) is 0 Å². The fourth-order valence-corrected chi connectivity index (χ4v) is 2.96. The van der Waals surface area contributed by atoms with Gasteiger partial charge < -0.3 is 0 Å². The molecule has 114 valence electrons. The van der Waals surface area contributed by atoms with E-state index in [-0.39, 0.29) is 5.41 Å². The molecule has 2 nitrogen and oxygen atoms in total. The Morgan fingerprint density at radius 2 is 1.59 bits per heavy atom. The zero-order valence-corrected chi connectivity index (χ0v) is 13.9. The lowest BCUT2D eigenvalue weighted by Crippen LogP contribution is -2.13. The second kappa shape index (κ2) is 5.60. The van der Waals surface area contributed by atoms with E-state index in [0.29, 0.717) is 6.04 Å². The summed E-state index contributed by atoms with van der Waals surface area (Å²) in [4.78, 5) is 0. The molecule has 1 unspecified atom stereocenters. The lowest BCUT2D eigenvalue weighted by Gasteiger charge is -2.19. The maximum absolute atomic E-state index is 4.76. The summed E-state index contributed by atoms with van der Waals surface area (Å²) in [7, 11) is 2.06.